The van der Waals surface area contributed by atoms with E-state index in [1.807, 2.05) is 61.5 Å². The molecule has 3 N–H and O–H groups in total. The van der Waals surface area contributed by atoms with Crippen LogP contribution in [0.25, 0.3) is 0 Å². The number of nitrogens with zero attached hydrogens (tertiary/aromatic N) is 2. The number of unbranched alkanes of at least 4 members (excludes halogenated alkanes) is 3. The molecule has 3 heterocycles. The summed E-state index contributed by atoms with van der Waals surface area (Å²) in [6.45, 7) is 8.81. The van der Waals surface area contributed by atoms with E-state index in [0.717, 1.165) is 37.2 Å². The van der Waals surface area contributed by atoms with Crippen LogP contribution in [0.5, 0.6) is 0 Å². The van der Waals surface area contributed by atoms with Crippen LogP contribution in [0.4, 0.5) is 11.4 Å². The van der Waals surface area contributed by atoms with Crippen LogP contribution in [0.1, 0.15) is 64.9 Å². The maximum atomic E-state index is 14.2. The second kappa shape index (κ2) is 13.1. The molecule has 43 heavy (non-hydrogen) atoms. The highest BCUT2D eigenvalue weighted by molar-refractivity contribution is 6.03. The lowest BCUT2D eigenvalue weighted by Gasteiger charge is -2.33. The summed E-state index contributed by atoms with van der Waals surface area (Å²) in [6.07, 6.45) is 4.25. The number of ether oxygens (including phenoxy) is 1. The van der Waals surface area contributed by atoms with Gasteiger partial charge in [0.25, 0.3) is 0 Å². The van der Waals surface area contributed by atoms with Gasteiger partial charge in [-0.1, -0.05) is 43.2 Å². The number of likely N-dealkylation sites (tertiary alicyclic amines) is 1. The van der Waals surface area contributed by atoms with E-state index < -0.39 is 29.1 Å². The first kappa shape index (κ1) is 31.0. The number of benzene rings is 2. The van der Waals surface area contributed by atoms with Gasteiger partial charge in [0.2, 0.25) is 17.7 Å². The summed E-state index contributed by atoms with van der Waals surface area (Å²) < 4.78 is 6.73. The van der Waals surface area contributed by atoms with Gasteiger partial charge in [-0.3, -0.25) is 14.4 Å². The lowest BCUT2D eigenvalue weighted by atomic mass is 9.66. The van der Waals surface area contributed by atoms with E-state index in [4.69, 9.17) is 4.74 Å². The molecule has 3 fully saturated rings. The number of amides is 3. The Labute approximate surface area is 255 Å². The summed E-state index contributed by atoms with van der Waals surface area (Å²) in [4.78, 5) is 46.0. The Balaban J connectivity index is 1.39. The molecule has 0 radical (unpaired) electrons. The molecule has 3 amide bonds. The minimum absolute atomic E-state index is 0.137. The summed E-state index contributed by atoms with van der Waals surface area (Å²) in [5.41, 5.74) is 0.838. The average Bonchev–Trinajstić information content (AvgIpc) is 3.58. The third-order valence-electron chi connectivity index (χ3n) is 9.69. The molecule has 9 nitrogen and oxygen atoms in total. The van der Waals surface area contributed by atoms with Crippen LogP contribution < -0.4 is 15.5 Å². The minimum atomic E-state index is -1.06. The average molecular weight is 591 g/mol. The van der Waals surface area contributed by atoms with Crippen LogP contribution in [0.3, 0.4) is 0 Å². The maximum absolute atomic E-state index is 14.2. The number of hydrogen-bond donors (Lipinski definition) is 3. The number of aliphatic hydroxyl groups is 1. The van der Waals surface area contributed by atoms with Gasteiger partial charge in [0.05, 0.1) is 17.4 Å². The Morgan fingerprint density at radius 2 is 1.67 bits per heavy atom. The first-order valence-corrected chi connectivity index (χ1v) is 15.9. The Morgan fingerprint density at radius 3 is 2.35 bits per heavy atom. The van der Waals surface area contributed by atoms with Gasteiger partial charge in [-0.25, -0.2) is 0 Å². The summed E-state index contributed by atoms with van der Waals surface area (Å²) in [6, 6.07) is 16.6. The highest BCUT2D eigenvalue weighted by atomic mass is 16.5. The van der Waals surface area contributed by atoms with Gasteiger partial charge in [0.1, 0.15) is 11.6 Å². The van der Waals surface area contributed by atoms with Crippen LogP contribution in [-0.4, -0.2) is 71.2 Å². The molecule has 3 aliphatic heterocycles. The molecule has 1 spiro atoms. The number of nitrogens with one attached hydrogen (secondary N) is 2. The molecule has 2 bridgehead atoms. The number of aliphatic hydroxyl groups excluding tert-OH is 1. The first-order chi connectivity index (χ1) is 20.8. The predicted octanol–water partition coefficient (Wildman–Crippen LogP) is 4.11. The van der Waals surface area contributed by atoms with Crippen LogP contribution in [0.15, 0.2) is 54.6 Å². The van der Waals surface area contributed by atoms with Crippen molar-refractivity contribution in [3.8, 4) is 0 Å². The van der Waals surface area contributed by atoms with Crippen molar-refractivity contribution in [1.29, 1.82) is 0 Å². The van der Waals surface area contributed by atoms with Crippen molar-refractivity contribution in [3.05, 3.63) is 60.2 Å². The number of hydrogen-bond acceptors (Lipinski definition) is 6. The topological polar surface area (TPSA) is 111 Å². The van der Waals surface area contributed by atoms with E-state index >= 15 is 0 Å². The molecule has 3 aliphatic rings. The van der Waals surface area contributed by atoms with Gasteiger partial charge in [-0.15, -0.1) is 0 Å². The smallest absolute Gasteiger partial charge is 0.250 e. The van der Waals surface area contributed by atoms with E-state index in [0.29, 0.717) is 44.5 Å². The van der Waals surface area contributed by atoms with Crippen LogP contribution in [0.2, 0.25) is 0 Å². The van der Waals surface area contributed by atoms with Crippen LogP contribution in [0, 0.1) is 11.8 Å². The summed E-state index contributed by atoms with van der Waals surface area (Å²) >= 11 is 0. The number of rotatable bonds is 14. The van der Waals surface area contributed by atoms with E-state index in [-0.39, 0.29) is 24.3 Å². The Kier molecular flexibility index (Phi) is 9.42. The molecule has 5 rings (SSSR count). The van der Waals surface area contributed by atoms with Crippen LogP contribution >= 0.6 is 0 Å². The Morgan fingerprint density at radius 1 is 0.977 bits per heavy atom. The largest absolute Gasteiger partial charge is 0.396 e. The molecule has 2 aromatic carbocycles. The fraction of sp³-hybridized carbons (Fsp3) is 0.559. The Hall–Kier alpha value is -3.43. The molecular formula is C34H46N4O5. The number of carbonyl (C=O) groups excluding carboxylic acids is 3. The molecule has 9 heteroatoms. The lowest BCUT2D eigenvalue weighted by molar-refractivity contribution is -0.144. The first-order valence-electron chi connectivity index (χ1n) is 15.9. The molecule has 232 valence electrons. The fourth-order valence-corrected chi connectivity index (χ4v) is 7.57. The van der Waals surface area contributed by atoms with Gasteiger partial charge in [-0.2, -0.15) is 0 Å². The van der Waals surface area contributed by atoms with E-state index in [2.05, 4.69) is 29.4 Å². The van der Waals surface area contributed by atoms with E-state index in [1.54, 1.807) is 4.90 Å². The zero-order chi connectivity index (χ0) is 30.6. The molecule has 2 unspecified atom stereocenters. The van der Waals surface area contributed by atoms with Crippen molar-refractivity contribution < 1.29 is 24.2 Å². The zero-order valence-electron chi connectivity index (χ0n) is 25.7. The second-order valence-corrected chi connectivity index (χ2v) is 12.3. The van der Waals surface area contributed by atoms with Crippen LogP contribution in [-0.2, 0) is 25.7 Å². The summed E-state index contributed by atoms with van der Waals surface area (Å²) in [7, 11) is 0. The third-order valence-corrected chi connectivity index (χ3v) is 9.69. The maximum Gasteiger partial charge on any atom is 0.250 e. The van der Waals surface area contributed by atoms with Gasteiger partial charge in [0, 0.05) is 44.2 Å². The van der Waals surface area contributed by atoms with Crippen molar-refractivity contribution in [3.63, 3.8) is 0 Å². The fourth-order valence-electron chi connectivity index (χ4n) is 7.57. The zero-order valence-corrected chi connectivity index (χ0v) is 25.7. The van der Waals surface area contributed by atoms with Gasteiger partial charge < -0.3 is 30.3 Å². The van der Waals surface area contributed by atoms with E-state index in [9.17, 15) is 19.5 Å². The SMILES string of the molecule is CCN(CC)c1ccc(NC(=O)C2N(CCCCCCO)C(=O)[C@@H]3[C@@H](C(=O)NCc4ccccc4)[C@@]4(C)CCC23O4)cc1. The normalized spacial score (nSPS) is 27.3. The van der Waals surface area contributed by atoms with Gasteiger partial charge >= 0.3 is 0 Å². The molecule has 5 atom stereocenters. The van der Waals surface area contributed by atoms with Crippen molar-refractivity contribution in [2.45, 2.75) is 83.1 Å². The van der Waals surface area contributed by atoms with Gasteiger partial charge in [-0.05, 0) is 76.3 Å². The lowest BCUT2D eigenvalue weighted by Crippen LogP contribution is -2.53. The van der Waals surface area contributed by atoms with Crippen molar-refractivity contribution in [1.82, 2.24) is 10.2 Å². The second-order valence-electron chi connectivity index (χ2n) is 12.3. The summed E-state index contributed by atoms with van der Waals surface area (Å²) in [5.74, 6) is -2.07. The Bertz CT molecular complexity index is 1280. The van der Waals surface area contributed by atoms with Crippen molar-refractivity contribution in [2.75, 3.05) is 36.5 Å². The summed E-state index contributed by atoms with van der Waals surface area (Å²) in [5, 5.41) is 15.3. The molecule has 2 aromatic rings. The number of anilines is 2. The van der Waals surface area contributed by atoms with Gasteiger partial charge in [0.15, 0.2) is 0 Å². The predicted molar refractivity (Wildman–Crippen MR) is 166 cm³/mol. The molecule has 0 aliphatic carbocycles. The third kappa shape index (κ3) is 5.89. The molecule has 0 aromatic heterocycles. The number of carbonyl (C=O) groups is 3. The van der Waals surface area contributed by atoms with Crippen molar-refractivity contribution >= 4 is 29.1 Å². The standard InChI is InChI=1S/C34H46N4O5/c1-4-37(5-2)26-17-15-25(16-18-26)36-31(41)29-34-20-19-33(3,43-34)27(30(40)35-23-24-13-9-8-10-14-24)28(34)32(42)38(29)21-11-6-7-12-22-39/h8-10,13-18,27-29,39H,4-7,11-12,19-23H2,1-3H3,(H,35,40)(H,36,41)/t27-,28-,29?,33+,34?/m0/s1. The highest BCUT2D eigenvalue weighted by Crippen LogP contribution is 2.63. The van der Waals surface area contributed by atoms with E-state index in [1.165, 1.54) is 0 Å². The molecular weight excluding hydrogens is 544 g/mol. The molecule has 0 saturated carbocycles. The monoisotopic (exact) mass is 590 g/mol. The highest BCUT2D eigenvalue weighted by Gasteiger charge is 2.77. The minimum Gasteiger partial charge on any atom is -0.396 e. The quantitative estimate of drug-likeness (QED) is 0.286. The number of fused-ring (bicyclic) bond motifs is 1. The molecule has 3 saturated heterocycles. The van der Waals surface area contributed by atoms with Crippen molar-refractivity contribution in [2.24, 2.45) is 11.8 Å².